The van der Waals surface area contributed by atoms with Crippen LogP contribution in [-0.4, -0.2) is 61.3 Å². The number of aliphatic carboxylic acids is 1. The highest BCUT2D eigenvalue weighted by Crippen LogP contribution is 2.29. The lowest BCUT2D eigenvalue weighted by Crippen LogP contribution is -2.38. The fourth-order valence-electron chi connectivity index (χ4n) is 2.30. The Kier molecular flexibility index (Phi) is 5.29. The number of amides is 1. The van der Waals surface area contributed by atoms with Gasteiger partial charge in [-0.25, -0.2) is 12.7 Å². The van der Waals surface area contributed by atoms with Gasteiger partial charge in [0.2, 0.25) is 10.0 Å². The van der Waals surface area contributed by atoms with Crippen LogP contribution in [0.4, 0.5) is 0 Å². The Morgan fingerprint density at radius 1 is 1.21 bits per heavy atom. The maximum Gasteiger partial charge on any atom is 0.308 e. The molecule has 0 aliphatic heterocycles. The molecule has 1 aromatic carbocycles. The van der Waals surface area contributed by atoms with E-state index in [0.29, 0.717) is 5.56 Å². The van der Waals surface area contributed by atoms with Crippen LogP contribution in [0.15, 0.2) is 29.2 Å². The molecule has 1 atom stereocenters. The van der Waals surface area contributed by atoms with Gasteiger partial charge < -0.3 is 10.0 Å². The molecule has 0 bridgehead atoms. The quantitative estimate of drug-likeness (QED) is 0.795. The van der Waals surface area contributed by atoms with Gasteiger partial charge in [0.25, 0.3) is 5.91 Å². The zero-order valence-corrected chi connectivity index (χ0v) is 14.8. The molecule has 1 N–H and O–H groups in total. The number of sulfonamides is 1. The minimum Gasteiger partial charge on any atom is -0.481 e. The van der Waals surface area contributed by atoms with E-state index in [4.69, 9.17) is 5.11 Å². The molecule has 132 valence electrons. The van der Waals surface area contributed by atoms with E-state index < -0.39 is 21.9 Å². The standard InChI is InChI=1S/C16H22N2O5S/c1-11(16(20)21)10-18(13-6-7-13)15(19)12-4-8-14(9-5-12)24(22,23)17(2)3/h4-5,8-9,11,13H,6-7,10H2,1-3H3,(H,20,21). The molecule has 0 heterocycles. The maximum absolute atomic E-state index is 12.7. The molecular formula is C16H22N2O5S. The highest BCUT2D eigenvalue weighted by atomic mass is 32.2. The van der Waals surface area contributed by atoms with Crippen molar-refractivity contribution in [2.24, 2.45) is 5.92 Å². The van der Waals surface area contributed by atoms with Crippen LogP contribution in [0, 0.1) is 5.92 Å². The van der Waals surface area contributed by atoms with Crippen molar-refractivity contribution < 1.29 is 23.1 Å². The first-order valence-electron chi connectivity index (χ1n) is 7.71. The summed E-state index contributed by atoms with van der Waals surface area (Å²) in [6.07, 6.45) is 1.73. The van der Waals surface area contributed by atoms with Crippen LogP contribution in [0.25, 0.3) is 0 Å². The van der Waals surface area contributed by atoms with Crippen molar-refractivity contribution in [1.29, 1.82) is 0 Å². The molecule has 1 amide bonds. The monoisotopic (exact) mass is 354 g/mol. The highest BCUT2D eigenvalue weighted by Gasteiger charge is 2.35. The summed E-state index contributed by atoms with van der Waals surface area (Å²) in [7, 11) is -0.661. The van der Waals surface area contributed by atoms with Gasteiger partial charge in [-0.05, 0) is 37.1 Å². The number of nitrogens with zero attached hydrogens (tertiary/aromatic N) is 2. The Labute approximate surface area is 141 Å². The van der Waals surface area contributed by atoms with Gasteiger partial charge in [-0.15, -0.1) is 0 Å². The summed E-state index contributed by atoms with van der Waals surface area (Å²) in [6.45, 7) is 1.72. The molecule has 8 heteroatoms. The summed E-state index contributed by atoms with van der Waals surface area (Å²) in [6, 6.07) is 5.81. The number of carbonyl (C=O) groups is 2. The summed E-state index contributed by atoms with van der Waals surface area (Å²) < 4.78 is 25.2. The van der Waals surface area contributed by atoms with E-state index in [1.807, 2.05) is 0 Å². The summed E-state index contributed by atoms with van der Waals surface area (Å²) in [5.74, 6) is -1.86. The number of benzene rings is 1. The maximum atomic E-state index is 12.7. The van der Waals surface area contributed by atoms with E-state index in [2.05, 4.69) is 0 Å². The molecule has 1 fully saturated rings. The zero-order valence-electron chi connectivity index (χ0n) is 14.0. The third-order valence-electron chi connectivity index (χ3n) is 4.02. The van der Waals surface area contributed by atoms with Gasteiger partial charge in [0, 0.05) is 32.2 Å². The Bertz CT molecular complexity index is 723. The van der Waals surface area contributed by atoms with E-state index in [1.54, 1.807) is 11.8 Å². The van der Waals surface area contributed by atoms with Crippen LogP contribution in [0.2, 0.25) is 0 Å². The van der Waals surface area contributed by atoms with E-state index in [9.17, 15) is 18.0 Å². The zero-order chi connectivity index (χ0) is 18.1. The second-order valence-electron chi connectivity index (χ2n) is 6.24. The molecule has 1 unspecified atom stereocenters. The lowest BCUT2D eigenvalue weighted by molar-refractivity contribution is -0.141. The summed E-state index contributed by atoms with van der Waals surface area (Å²) in [5, 5.41) is 9.05. The van der Waals surface area contributed by atoms with Crippen molar-refractivity contribution in [2.75, 3.05) is 20.6 Å². The largest absolute Gasteiger partial charge is 0.481 e. The molecule has 1 aliphatic rings. The van der Waals surface area contributed by atoms with Gasteiger partial charge >= 0.3 is 5.97 Å². The lowest BCUT2D eigenvalue weighted by Gasteiger charge is -2.24. The van der Waals surface area contributed by atoms with Crippen molar-refractivity contribution in [3.05, 3.63) is 29.8 Å². The third kappa shape index (κ3) is 3.93. The Balaban J connectivity index is 2.20. The van der Waals surface area contributed by atoms with Crippen molar-refractivity contribution in [3.63, 3.8) is 0 Å². The minimum absolute atomic E-state index is 0.0736. The number of carbonyl (C=O) groups excluding carboxylic acids is 1. The second kappa shape index (κ2) is 6.90. The molecule has 0 radical (unpaired) electrons. The molecule has 0 spiro atoms. The van der Waals surface area contributed by atoms with E-state index in [1.165, 1.54) is 38.4 Å². The van der Waals surface area contributed by atoms with Crippen LogP contribution in [0.1, 0.15) is 30.1 Å². The molecule has 24 heavy (non-hydrogen) atoms. The molecule has 1 aliphatic carbocycles. The molecule has 1 aromatic rings. The Hall–Kier alpha value is -1.93. The van der Waals surface area contributed by atoms with Gasteiger partial charge in [-0.1, -0.05) is 6.92 Å². The van der Waals surface area contributed by atoms with Crippen molar-refractivity contribution in [2.45, 2.75) is 30.7 Å². The fourth-order valence-corrected chi connectivity index (χ4v) is 3.20. The molecular weight excluding hydrogens is 332 g/mol. The average molecular weight is 354 g/mol. The van der Waals surface area contributed by atoms with Crippen molar-refractivity contribution in [3.8, 4) is 0 Å². The van der Waals surface area contributed by atoms with Crippen molar-refractivity contribution >= 4 is 21.9 Å². The van der Waals surface area contributed by atoms with Crippen LogP contribution < -0.4 is 0 Å². The van der Waals surface area contributed by atoms with Crippen LogP contribution in [0.5, 0.6) is 0 Å². The first kappa shape index (κ1) is 18.4. The molecule has 2 rings (SSSR count). The summed E-state index contributed by atoms with van der Waals surface area (Å²) in [4.78, 5) is 25.4. The van der Waals surface area contributed by atoms with Gasteiger partial charge in [0.05, 0.1) is 10.8 Å². The Morgan fingerprint density at radius 3 is 2.17 bits per heavy atom. The molecule has 1 saturated carbocycles. The smallest absolute Gasteiger partial charge is 0.308 e. The number of rotatable bonds is 7. The number of carboxylic acid groups (broad SMARTS) is 1. The number of hydrogen-bond acceptors (Lipinski definition) is 4. The fraction of sp³-hybridized carbons (Fsp3) is 0.500. The SMILES string of the molecule is CC(CN(C(=O)c1ccc(S(=O)(=O)N(C)C)cc1)C1CC1)C(=O)O. The summed E-state index contributed by atoms with van der Waals surface area (Å²) >= 11 is 0. The molecule has 0 aromatic heterocycles. The Morgan fingerprint density at radius 2 is 1.75 bits per heavy atom. The normalized spacial score (nSPS) is 16.0. The first-order chi connectivity index (χ1) is 11.1. The third-order valence-corrected chi connectivity index (χ3v) is 5.85. The predicted octanol–water partition coefficient (Wildman–Crippen LogP) is 1.26. The van der Waals surface area contributed by atoms with E-state index in [-0.39, 0.29) is 23.4 Å². The van der Waals surface area contributed by atoms with Crippen molar-refractivity contribution in [1.82, 2.24) is 9.21 Å². The topological polar surface area (TPSA) is 95.0 Å². The van der Waals surface area contributed by atoms with Gasteiger partial charge in [0.1, 0.15) is 0 Å². The van der Waals surface area contributed by atoms with Crippen LogP contribution in [0.3, 0.4) is 0 Å². The van der Waals surface area contributed by atoms with Gasteiger partial charge in [-0.3, -0.25) is 9.59 Å². The van der Waals surface area contributed by atoms with Crippen LogP contribution in [-0.2, 0) is 14.8 Å². The van der Waals surface area contributed by atoms with E-state index in [0.717, 1.165) is 17.1 Å². The predicted molar refractivity (Wildman–Crippen MR) is 88.2 cm³/mol. The summed E-state index contributed by atoms with van der Waals surface area (Å²) in [5.41, 5.74) is 0.359. The van der Waals surface area contributed by atoms with Crippen LogP contribution >= 0.6 is 0 Å². The lowest BCUT2D eigenvalue weighted by atomic mass is 10.1. The number of carboxylic acids is 1. The second-order valence-corrected chi connectivity index (χ2v) is 8.39. The molecule has 0 saturated heterocycles. The number of hydrogen-bond donors (Lipinski definition) is 1. The first-order valence-corrected chi connectivity index (χ1v) is 9.15. The minimum atomic E-state index is -3.54. The van der Waals surface area contributed by atoms with Gasteiger partial charge in [-0.2, -0.15) is 0 Å². The average Bonchev–Trinajstić information content (AvgIpc) is 3.36. The highest BCUT2D eigenvalue weighted by molar-refractivity contribution is 7.89. The van der Waals surface area contributed by atoms with Gasteiger partial charge in [0.15, 0.2) is 0 Å². The van der Waals surface area contributed by atoms with E-state index >= 15 is 0 Å². The molecule has 7 nitrogen and oxygen atoms in total.